The fourth-order valence-electron chi connectivity index (χ4n) is 4.95. The SMILES string of the molecule is COC(=O)Cc1oc(C=C(c2ccccc2)c2ccccc2)c(C(c2ccccc2)c2ccccc2)c1C. The molecule has 5 aromatic rings. The molecule has 4 aromatic carbocycles. The van der Waals surface area contributed by atoms with E-state index in [2.05, 4.69) is 78.9 Å². The van der Waals surface area contributed by atoms with Gasteiger partial charge in [-0.2, -0.15) is 0 Å². The predicted molar refractivity (Wildman–Crippen MR) is 153 cm³/mol. The Morgan fingerprint density at radius 1 is 0.737 bits per heavy atom. The summed E-state index contributed by atoms with van der Waals surface area (Å²) in [6, 6.07) is 41.5. The van der Waals surface area contributed by atoms with Gasteiger partial charge in [-0.05, 0) is 46.4 Å². The lowest BCUT2D eigenvalue weighted by molar-refractivity contribution is -0.140. The van der Waals surface area contributed by atoms with E-state index < -0.39 is 0 Å². The number of carbonyl (C=O) groups excluding carboxylic acids is 1. The molecule has 0 saturated heterocycles. The van der Waals surface area contributed by atoms with E-state index in [1.54, 1.807) is 0 Å². The maximum Gasteiger partial charge on any atom is 0.313 e. The van der Waals surface area contributed by atoms with E-state index in [-0.39, 0.29) is 18.3 Å². The lowest BCUT2D eigenvalue weighted by Crippen LogP contribution is -2.07. The summed E-state index contributed by atoms with van der Waals surface area (Å²) in [5.41, 5.74) is 7.54. The van der Waals surface area contributed by atoms with Crippen LogP contribution in [0.3, 0.4) is 0 Å². The highest BCUT2D eigenvalue weighted by molar-refractivity contribution is 5.91. The minimum absolute atomic E-state index is 0.0749. The first kappa shape index (κ1) is 25.0. The van der Waals surface area contributed by atoms with Crippen LogP contribution in [0.4, 0.5) is 0 Å². The van der Waals surface area contributed by atoms with Crippen LogP contribution in [0.25, 0.3) is 11.6 Å². The molecule has 188 valence electrons. The van der Waals surface area contributed by atoms with Gasteiger partial charge in [0.25, 0.3) is 0 Å². The third-order valence-electron chi connectivity index (χ3n) is 6.85. The van der Waals surface area contributed by atoms with Crippen LogP contribution in [0.15, 0.2) is 126 Å². The van der Waals surface area contributed by atoms with Crippen molar-refractivity contribution in [1.82, 2.24) is 0 Å². The maximum absolute atomic E-state index is 12.3. The van der Waals surface area contributed by atoms with Crippen LogP contribution in [0.1, 0.15) is 50.8 Å². The van der Waals surface area contributed by atoms with Crippen molar-refractivity contribution >= 4 is 17.6 Å². The van der Waals surface area contributed by atoms with Gasteiger partial charge in [0, 0.05) is 11.5 Å². The quantitative estimate of drug-likeness (QED) is 0.203. The molecule has 3 nitrogen and oxygen atoms in total. The molecule has 38 heavy (non-hydrogen) atoms. The standard InChI is InChI=1S/C35H30O3/c1-25-31(24-33(36)37-2)38-32(23-30(26-15-7-3-8-16-26)27-17-9-4-10-18-27)34(25)35(28-19-11-5-12-20-28)29-21-13-6-14-22-29/h3-23,35H,24H2,1-2H3. The number of carbonyl (C=O) groups is 1. The van der Waals surface area contributed by atoms with Gasteiger partial charge in [0.1, 0.15) is 17.9 Å². The van der Waals surface area contributed by atoms with Gasteiger partial charge in [-0.15, -0.1) is 0 Å². The molecule has 1 heterocycles. The molecule has 0 atom stereocenters. The van der Waals surface area contributed by atoms with Crippen molar-refractivity contribution in [3.8, 4) is 0 Å². The van der Waals surface area contributed by atoms with Crippen LogP contribution >= 0.6 is 0 Å². The minimum Gasteiger partial charge on any atom is -0.469 e. The molecule has 0 spiro atoms. The molecule has 0 fully saturated rings. The van der Waals surface area contributed by atoms with Crippen LogP contribution < -0.4 is 0 Å². The molecule has 0 unspecified atom stereocenters. The average Bonchev–Trinajstić information content (AvgIpc) is 3.27. The van der Waals surface area contributed by atoms with Crippen molar-refractivity contribution in [2.45, 2.75) is 19.3 Å². The number of ether oxygens (including phenoxy) is 1. The zero-order chi connectivity index (χ0) is 26.3. The summed E-state index contributed by atoms with van der Waals surface area (Å²) < 4.78 is 11.5. The lowest BCUT2D eigenvalue weighted by Gasteiger charge is -2.20. The van der Waals surface area contributed by atoms with Gasteiger partial charge in [0.2, 0.25) is 0 Å². The minimum atomic E-state index is -0.328. The van der Waals surface area contributed by atoms with E-state index in [1.165, 1.54) is 7.11 Å². The first-order chi connectivity index (χ1) is 18.7. The zero-order valence-electron chi connectivity index (χ0n) is 21.6. The predicted octanol–water partition coefficient (Wildman–Crippen LogP) is 8.07. The molecule has 3 heteroatoms. The first-order valence-corrected chi connectivity index (χ1v) is 12.8. The fourth-order valence-corrected chi connectivity index (χ4v) is 4.95. The van der Waals surface area contributed by atoms with Gasteiger partial charge >= 0.3 is 5.97 Å². The summed E-state index contributed by atoms with van der Waals surface area (Å²) in [6.07, 6.45) is 2.19. The molecule has 0 radical (unpaired) electrons. The number of rotatable bonds is 8. The van der Waals surface area contributed by atoms with Crippen LogP contribution in [0.5, 0.6) is 0 Å². The van der Waals surface area contributed by atoms with E-state index in [4.69, 9.17) is 9.15 Å². The first-order valence-electron chi connectivity index (χ1n) is 12.8. The number of hydrogen-bond donors (Lipinski definition) is 0. The Labute approximate surface area is 224 Å². The third kappa shape index (κ3) is 5.37. The van der Waals surface area contributed by atoms with Gasteiger partial charge in [-0.3, -0.25) is 4.79 Å². The van der Waals surface area contributed by atoms with Crippen molar-refractivity contribution in [1.29, 1.82) is 0 Å². The summed E-state index contributed by atoms with van der Waals surface area (Å²) in [4.78, 5) is 12.3. The summed E-state index contributed by atoms with van der Waals surface area (Å²) >= 11 is 0. The molecular weight excluding hydrogens is 468 g/mol. The lowest BCUT2D eigenvalue weighted by atomic mass is 9.82. The van der Waals surface area contributed by atoms with Crippen molar-refractivity contribution in [2.75, 3.05) is 7.11 Å². The number of benzene rings is 4. The maximum atomic E-state index is 12.3. The topological polar surface area (TPSA) is 39.4 Å². The highest BCUT2D eigenvalue weighted by atomic mass is 16.5. The van der Waals surface area contributed by atoms with Crippen molar-refractivity contribution < 1.29 is 13.9 Å². The number of esters is 1. The van der Waals surface area contributed by atoms with Crippen LogP contribution in [0, 0.1) is 6.92 Å². The van der Waals surface area contributed by atoms with Crippen molar-refractivity contribution in [3.63, 3.8) is 0 Å². The van der Waals surface area contributed by atoms with Crippen molar-refractivity contribution in [2.24, 2.45) is 0 Å². The molecule has 0 saturated carbocycles. The van der Waals surface area contributed by atoms with E-state index >= 15 is 0 Å². The Hall–Kier alpha value is -4.63. The fraction of sp³-hybridized carbons (Fsp3) is 0.114. The van der Waals surface area contributed by atoms with E-state index in [0.717, 1.165) is 44.7 Å². The third-order valence-corrected chi connectivity index (χ3v) is 6.85. The van der Waals surface area contributed by atoms with Gasteiger partial charge in [-0.1, -0.05) is 121 Å². The molecule has 0 amide bonds. The molecule has 0 aliphatic carbocycles. The second kappa shape index (κ2) is 11.6. The van der Waals surface area contributed by atoms with Crippen LogP contribution in [0.2, 0.25) is 0 Å². The second-order valence-electron chi connectivity index (χ2n) is 9.23. The largest absolute Gasteiger partial charge is 0.469 e. The summed E-state index contributed by atoms with van der Waals surface area (Å²) in [7, 11) is 1.40. The van der Waals surface area contributed by atoms with Crippen molar-refractivity contribution in [3.05, 3.63) is 166 Å². The Morgan fingerprint density at radius 3 is 1.63 bits per heavy atom. The number of methoxy groups -OCH3 is 1. The van der Waals surface area contributed by atoms with Gasteiger partial charge in [0.15, 0.2) is 0 Å². The Balaban J connectivity index is 1.78. The highest BCUT2D eigenvalue weighted by Gasteiger charge is 2.28. The molecule has 0 bridgehead atoms. The molecule has 0 aliphatic heterocycles. The van der Waals surface area contributed by atoms with E-state index in [9.17, 15) is 4.79 Å². The Kier molecular flexibility index (Phi) is 7.65. The van der Waals surface area contributed by atoms with Crippen LogP contribution in [-0.4, -0.2) is 13.1 Å². The summed E-state index contributed by atoms with van der Waals surface area (Å²) in [6.45, 7) is 2.04. The van der Waals surface area contributed by atoms with E-state index in [1.807, 2.05) is 55.5 Å². The normalized spacial score (nSPS) is 10.8. The molecule has 5 rings (SSSR count). The molecule has 0 N–H and O–H groups in total. The molecular formula is C35H30O3. The smallest absolute Gasteiger partial charge is 0.313 e. The number of hydrogen-bond acceptors (Lipinski definition) is 3. The van der Waals surface area contributed by atoms with Gasteiger partial charge in [-0.25, -0.2) is 0 Å². The monoisotopic (exact) mass is 498 g/mol. The molecule has 0 aliphatic rings. The summed E-state index contributed by atoms with van der Waals surface area (Å²) in [5.74, 6) is 0.954. The Bertz CT molecular complexity index is 1440. The molecule has 1 aromatic heterocycles. The Morgan fingerprint density at radius 2 is 1.18 bits per heavy atom. The van der Waals surface area contributed by atoms with Gasteiger partial charge < -0.3 is 9.15 Å². The van der Waals surface area contributed by atoms with Crippen LogP contribution in [-0.2, 0) is 16.0 Å². The average molecular weight is 499 g/mol. The second-order valence-corrected chi connectivity index (χ2v) is 9.23. The van der Waals surface area contributed by atoms with E-state index in [0.29, 0.717) is 5.76 Å². The highest BCUT2D eigenvalue weighted by Crippen LogP contribution is 2.40. The zero-order valence-corrected chi connectivity index (χ0v) is 21.6. The van der Waals surface area contributed by atoms with Gasteiger partial charge in [0.05, 0.1) is 7.11 Å². The summed E-state index contributed by atoms with van der Waals surface area (Å²) in [5, 5.41) is 0. The number of furan rings is 1.